The van der Waals surface area contributed by atoms with E-state index < -0.39 is 34.9 Å². The number of carboxylic acid groups (broad SMARTS) is 3. The fraction of sp³-hybridized carbons (Fsp3) is 0.100. The monoisotopic (exact) mass is 265 g/mol. The molecule has 0 bridgehead atoms. The van der Waals surface area contributed by atoms with Crippen LogP contribution in [0.25, 0.3) is 11.7 Å². The minimum absolute atomic E-state index is 0.0812. The molecule has 0 aliphatic rings. The predicted octanol–water partition coefficient (Wildman–Crippen LogP) is -0.657. The molecule has 2 rings (SSSR count). The zero-order valence-electron chi connectivity index (χ0n) is 9.49. The Bertz CT molecular complexity index is 775. The van der Waals surface area contributed by atoms with Crippen LogP contribution in [-0.2, 0) is 0 Å². The third kappa shape index (κ3) is 1.59. The van der Waals surface area contributed by atoms with E-state index in [-0.39, 0.29) is 11.0 Å². The highest BCUT2D eigenvalue weighted by atomic mass is 16.4. The Balaban J connectivity index is 3.10. The first-order valence-corrected chi connectivity index (χ1v) is 4.97. The second-order valence-corrected chi connectivity index (χ2v) is 3.52. The minimum Gasteiger partial charge on any atom is -0.478 e. The molecule has 0 saturated heterocycles. The third-order valence-corrected chi connectivity index (χ3v) is 2.53. The van der Waals surface area contributed by atoms with E-state index >= 15 is 0 Å². The summed E-state index contributed by atoms with van der Waals surface area (Å²) in [6.45, 7) is 1.46. The third-order valence-electron chi connectivity index (χ3n) is 2.53. The first kappa shape index (κ1) is 12.5. The average molecular weight is 265 g/mol. The van der Waals surface area contributed by atoms with Crippen LogP contribution in [0.3, 0.4) is 0 Å². The Labute approximate surface area is 104 Å². The van der Waals surface area contributed by atoms with Gasteiger partial charge >= 0.3 is 17.9 Å². The van der Waals surface area contributed by atoms with Crippen LogP contribution in [0.4, 0.5) is 0 Å². The lowest BCUT2D eigenvalue weighted by Crippen LogP contribution is -2.21. The van der Waals surface area contributed by atoms with Crippen molar-refractivity contribution < 1.29 is 29.7 Å². The van der Waals surface area contributed by atoms with E-state index in [0.29, 0.717) is 0 Å². The highest BCUT2D eigenvalue weighted by Gasteiger charge is 2.29. The van der Waals surface area contributed by atoms with Crippen LogP contribution in [0.5, 0.6) is 0 Å². The quantitative estimate of drug-likeness (QED) is 0.664. The summed E-state index contributed by atoms with van der Waals surface area (Å²) in [4.78, 5) is 33.3. The van der Waals surface area contributed by atoms with Crippen LogP contribution < -0.4 is 5.35 Å². The Morgan fingerprint density at radius 1 is 1.00 bits per heavy atom. The van der Waals surface area contributed by atoms with Crippen molar-refractivity contribution in [3.8, 4) is 0 Å². The maximum Gasteiger partial charge on any atom is 0.374 e. The molecule has 9 heteroatoms. The molecule has 2 heterocycles. The van der Waals surface area contributed by atoms with E-state index in [1.54, 1.807) is 0 Å². The molecule has 0 spiro atoms. The van der Waals surface area contributed by atoms with Gasteiger partial charge in [0.15, 0.2) is 5.65 Å². The molecule has 0 fully saturated rings. The largest absolute Gasteiger partial charge is 0.478 e. The molecule has 0 aliphatic heterocycles. The number of hydrogen-bond acceptors (Lipinski definition) is 5. The highest BCUT2D eigenvalue weighted by molar-refractivity contribution is 6.07. The van der Waals surface area contributed by atoms with E-state index in [1.807, 2.05) is 0 Å². The number of rotatable bonds is 3. The minimum atomic E-state index is -1.51. The molecule has 3 N–H and O–H groups in total. The smallest absolute Gasteiger partial charge is 0.374 e. The fourth-order valence-corrected chi connectivity index (χ4v) is 1.86. The average Bonchev–Trinajstić information content (AvgIpc) is 2.83. The van der Waals surface area contributed by atoms with E-state index in [2.05, 4.69) is 10.2 Å². The maximum atomic E-state index is 11.2. The first-order valence-electron chi connectivity index (χ1n) is 4.97. The van der Waals surface area contributed by atoms with Gasteiger partial charge in [-0.1, -0.05) is 6.08 Å². The van der Waals surface area contributed by atoms with E-state index in [4.69, 9.17) is 15.3 Å². The number of aromatic nitrogens is 3. The van der Waals surface area contributed by atoms with Crippen LogP contribution in [0, 0.1) is 0 Å². The van der Waals surface area contributed by atoms with Crippen molar-refractivity contribution in [1.29, 1.82) is 0 Å². The molecule has 0 aliphatic carbocycles. The molecule has 19 heavy (non-hydrogen) atoms. The number of aromatic carboxylic acids is 3. The first-order chi connectivity index (χ1) is 8.90. The van der Waals surface area contributed by atoms with Crippen molar-refractivity contribution >= 4 is 29.6 Å². The van der Waals surface area contributed by atoms with Gasteiger partial charge in [-0.05, 0) is 6.92 Å². The van der Waals surface area contributed by atoms with Gasteiger partial charge in [-0.25, -0.2) is 14.4 Å². The Kier molecular flexibility index (Phi) is 2.66. The number of fused-ring (bicyclic) bond motifs is 1. The molecule has 0 unspecified atom stereocenters. The summed E-state index contributed by atoms with van der Waals surface area (Å²) in [5.74, 6) is -4.97. The molecule has 2 aromatic heterocycles. The Morgan fingerprint density at radius 3 is 2.00 bits per heavy atom. The van der Waals surface area contributed by atoms with Crippen LogP contribution in [0.15, 0.2) is 0 Å². The van der Waals surface area contributed by atoms with Gasteiger partial charge in [0.1, 0.15) is 11.1 Å². The van der Waals surface area contributed by atoms with Crippen molar-refractivity contribution in [2.75, 3.05) is 0 Å². The molecular formula is C10H7N3O6. The number of hydrogen-bond donors (Lipinski definition) is 3. The molecule has 2 aromatic rings. The van der Waals surface area contributed by atoms with Gasteiger partial charge in [0.05, 0.1) is 5.35 Å². The summed E-state index contributed by atoms with van der Waals surface area (Å²) >= 11 is 0. The summed E-state index contributed by atoms with van der Waals surface area (Å²) in [7, 11) is 0. The molecule has 9 nitrogen and oxygen atoms in total. The van der Waals surface area contributed by atoms with Gasteiger partial charge < -0.3 is 15.3 Å². The number of nitrogens with zero attached hydrogens (tertiary/aromatic N) is 3. The zero-order valence-corrected chi connectivity index (χ0v) is 9.49. The Morgan fingerprint density at radius 2 is 1.58 bits per heavy atom. The molecule has 0 radical (unpaired) electrons. The SMILES string of the molecule is C/C=c1\c(C(=O)O)c(C(=O)O)c2nnc(C(=O)O)n12. The standard InChI is InChI=1S/C10H7N3O6/c1-2-3-4(8(14)15)5(9(16)17)6-11-12-7(10(18)19)13(3)6/h2H,1H3,(H,14,15)(H,16,17)(H,18,19)/b3-2+. The van der Waals surface area contributed by atoms with Gasteiger partial charge in [-0.2, -0.15) is 0 Å². The summed E-state index contributed by atoms with van der Waals surface area (Å²) in [5, 5.41) is 33.8. The highest BCUT2D eigenvalue weighted by Crippen LogP contribution is 2.14. The second kappa shape index (κ2) is 4.05. The predicted molar refractivity (Wildman–Crippen MR) is 59.2 cm³/mol. The summed E-state index contributed by atoms with van der Waals surface area (Å²) in [5.41, 5.74) is -1.40. The molecule has 0 aromatic carbocycles. The molecule has 0 amide bonds. The van der Waals surface area contributed by atoms with Crippen molar-refractivity contribution in [2.45, 2.75) is 6.92 Å². The van der Waals surface area contributed by atoms with Gasteiger partial charge in [0.25, 0.3) is 0 Å². The normalized spacial score (nSPS) is 11.9. The van der Waals surface area contributed by atoms with Gasteiger partial charge in [0.2, 0.25) is 5.82 Å². The van der Waals surface area contributed by atoms with E-state index in [1.165, 1.54) is 13.0 Å². The number of carbonyl (C=O) groups is 3. The summed E-state index contributed by atoms with van der Waals surface area (Å²) in [6, 6.07) is 0. The van der Waals surface area contributed by atoms with Gasteiger partial charge in [-0.3, -0.25) is 4.40 Å². The maximum absolute atomic E-state index is 11.2. The van der Waals surface area contributed by atoms with Gasteiger partial charge in [-0.15, -0.1) is 10.2 Å². The van der Waals surface area contributed by atoms with E-state index in [9.17, 15) is 14.4 Å². The lowest BCUT2D eigenvalue weighted by molar-refractivity contribution is 0.0652. The Hall–Kier alpha value is -2.97. The zero-order chi connectivity index (χ0) is 14.3. The van der Waals surface area contributed by atoms with Crippen LogP contribution in [0.2, 0.25) is 0 Å². The second-order valence-electron chi connectivity index (χ2n) is 3.52. The van der Waals surface area contributed by atoms with Crippen molar-refractivity contribution in [3.05, 3.63) is 22.3 Å². The summed E-state index contributed by atoms with van der Waals surface area (Å²) in [6.07, 6.45) is 1.29. The molecule has 0 atom stereocenters. The lowest BCUT2D eigenvalue weighted by atomic mass is 10.1. The summed E-state index contributed by atoms with van der Waals surface area (Å²) < 4.78 is 0.898. The number of carboxylic acids is 3. The van der Waals surface area contributed by atoms with Crippen molar-refractivity contribution in [3.63, 3.8) is 0 Å². The molecular weight excluding hydrogens is 258 g/mol. The molecule has 0 saturated carbocycles. The topological polar surface area (TPSA) is 142 Å². The van der Waals surface area contributed by atoms with Crippen LogP contribution >= 0.6 is 0 Å². The molecule has 98 valence electrons. The van der Waals surface area contributed by atoms with Gasteiger partial charge in [0, 0.05) is 0 Å². The van der Waals surface area contributed by atoms with Crippen molar-refractivity contribution in [2.24, 2.45) is 0 Å². The fourth-order valence-electron chi connectivity index (χ4n) is 1.86. The van der Waals surface area contributed by atoms with Crippen LogP contribution in [-0.4, -0.2) is 47.8 Å². The lowest BCUT2D eigenvalue weighted by Gasteiger charge is -1.93. The van der Waals surface area contributed by atoms with Crippen molar-refractivity contribution in [1.82, 2.24) is 14.6 Å². The van der Waals surface area contributed by atoms with E-state index in [0.717, 1.165) is 4.40 Å². The van der Waals surface area contributed by atoms with Crippen LogP contribution in [0.1, 0.15) is 38.3 Å².